The first kappa shape index (κ1) is 26.3. The minimum Gasteiger partial charge on any atom is -0.486 e. The topological polar surface area (TPSA) is 105 Å². The average Bonchev–Trinajstić information content (AvgIpc) is 2.85. The number of carbonyl (C=O) groups is 2. The molecule has 9 nitrogen and oxygen atoms in total. The summed E-state index contributed by atoms with van der Waals surface area (Å²) < 4.78 is 37.6. The summed E-state index contributed by atoms with van der Waals surface area (Å²) in [5.41, 5.74) is 1.13. The molecule has 0 saturated heterocycles. The number of fused-ring (bicyclic) bond motifs is 1. The number of hydrogen-bond acceptors (Lipinski definition) is 6. The molecule has 35 heavy (non-hydrogen) atoms. The molecule has 0 fully saturated rings. The van der Waals surface area contributed by atoms with Crippen molar-refractivity contribution in [3.63, 3.8) is 0 Å². The minimum absolute atomic E-state index is 0.177. The highest BCUT2D eigenvalue weighted by Crippen LogP contribution is 2.34. The molecule has 0 saturated carbocycles. The molecular formula is C25H33N3O6S. The third kappa shape index (κ3) is 6.88. The number of sulfonamides is 1. The van der Waals surface area contributed by atoms with E-state index in [0.29, 0.717) is 37.7 Å². The summed E-state index contributed by atoms with van der Waals surface area (Å²) in [5, 5.41) is 2.86. The van der Waals surface area contributed by atoms with Crippen molar-refractivity contribution in [2.24, 2.45) is 0 Å². The summed E-state index contributed by atoms with van der Waals surface area (Å²) in [7, 11) is -3.82. The van der Waals surface area contributed by atoms with Gasteiger partial charge in [0.1, 0.15) is 25.8 Å². The van der Waals surface area contributed by atoms with E-state index in [1.54, 1.807) is 18.2 Å². The van der Waals surface area contributed by atoms with Gasteiger partial charge in [-0.3, -0.25) is 13.9 Å². The van der Waals surface area contributed by atoms with Crippen molar-refractivity contribution in [2.75, 3.05) is 36.9 Å². The fraction of sp³-hybridized carbons (Fsp3) is 0.440. The Hall–Kier alpha value is -3.27. The fourth-order valence-corrected chi connectivity index (χ4v) is 4.71. The quantitative estimate of drug-likeness (QED) is 0.505. The highest BCUT2D eigenvalue weighted by atomic mass is 32.2. The minimum atomic E-state index is -3.82. The number of rotatable bonds is 11. The Morgan fingerprint density at radius 2 is 1.71 bits per heavy atom. The molecule has 1 N–H and O–H groups in total. The molecule has 190 valence electrons. The van der Waals surface area contributed by atoms with Gasteiger partial charge in [-0.2, -0.15) is 0 Å². The van der Waals surface area contributed by atoms with Crippen LogP contribution in [0.3, 0.4) is 0 Å². The maximum absolute atomic E-state index is 13.6. The number of benzene rings is 2. The molecule has 1 atom stereocenters. The van der Waals surface area contributed by atoms with Gasteiger partial charge in [-0.25, -0.2) is 8.42 Å². The van der Waals surface area contributed by atoms with E-state index in [0.717, 1.165) is 22.5 Å². The van der Waals surface area contributed by atoms with Crippen LogP contribution in [0.15, 0.2) is 48.5 Å². The highest BCUT2D eigenvalue weighted by Gasteiger charge is 2.32. The predicted octanol–water partition coefficient (Wildman–Crippen LogP) is 2.56. The lowest BCUT2D eigenvalue weighted by molar-refractivity contribution is -0.140. The summed E-state index contributed by atoms with van der Waals surface area (Å²) in [6, 6.07) is 13.3. The van der Waals surface area contributed by atoms with Gasteiger partial charge in [0, 0.05) is 19.2 Å². The second-order valence-corrected chi connectivity index (χ2v) is 10.2. The summed E-state index contributed by atoms with van der Waals surface area (Å²) in [6.45, 7) is 4.76. The first-order valence-corrected chi connectivity index (χ1v) is 13.6. The van der Waals surface area contributed by atoms with Crippen molar-refractivity contribution in [3.05, 3.63) is 54.1 Å². The summed E-state index contributed by atoms with van der Waals surface area (Å²) in [6.07, 6.45) is 2.20. The molecular weight excluding hydrogens is 470 g/mol. The van der Waals surface area contributed by atoms with Gasteiger partial charge in [-0.05, 0) is 30.5 Å². The molecule has 0 radical (unpaired) electrons. The molecule has 3 rings (SSSR count). The van der Waals surface area contributed by atoms with Crippen LogP contribution in [0.2, 0.25) is 0 Å². The van der Waals surface area contributed by atoms with Crippen LogP contribution >= 0.6 is 0 Å². The van der Waals surface area contributed by atoms with Crippen LogP contribution in [0.25, 0.3) is 0 Å². The van der Waals surface area contributed by atoms with E-state index in [2.05, 4.69) is 5.32 Å². The van der Waals surface area contributed by atoms with E-state index >= 15 is 0 Å². The predicted molar refractivity (Wildman–Crippen MR) is 134 cm³/mol. The first-order chi connectivity index (χ1) is 16.7. The van der Waals surface area contributed by atoms with Crippen LogP contribution in [0, 0.1) is 0 Å². The van der Waals surface area contributed by atoms with Crippen LogP contribution in [0.5, 0.6) is 11.5 Å². The number of anilines is 1. The van der Waals surface area contributed by atoms with Gasteiger partial charge in [0.15, 0.2) is 11.5 Å². The van der Waals surface area contributed by atoms with Crippen LogP contribution in [-0.2, 0) is 26.2 Å². The first-order valence-electron chi connectivity index (χ1n) is 11.7. The van der Waals surface area contributed by atoms with E-state index in [4.69, 9.17) is 9.47 Å². The second-order valence-electron chi connectivity index (χ2n) is 8.32. The second kappa shape index (κ2) is 11.9. The molecule has 0 spiro atoms. The van der Waals surface area contributed by atoms with Crippen LogP contribution in [0.4, 0.5) is 5.69 Å². The zero-order valence-electron chi connectivity index (χ0n) is 20.4. The molecule has 2 aromatic rings. The van der Waals surface area contributed by atoms with Gasteiger partial charge in [-0.1, -0.05) is 44.2 Å². The maximum atomic E-state index is 13.6. The van der Waals surface area contributed by atoms with Gasteiger partial charge < -0.3 is 19.7 Å². The van der Waals surface area contributed by atoms with Crippen LogP contribution in [0.1, 0.15) is 32.3 Å². The average molecular weight is 504 g/mol. The zero-order valence-corrected chi connectivity index (χ0v) is 21.2. The van der Waals surface area contributed by atoms with E-state index in [9.17, 15) is 18.0 Å². The Kier molecular flexibility index (Phi) is 8.97. The van der Waals surface area contributed by atoms with Crippen LogP contribution in [-0.4, -0.2) is 63.7 Å². The fourth-order valence-electron chi connectivity index (χ4n) is 3.87. The molecule has 2 aromatic carbocycles. The van der Waals surface area contributed by atoms with Crippen molar-refractivity contribution in [3.8, 4) is 11.5 Å². The molecule has 2 amide bonds. The number of hydrogen-bond donors (Lipinski definition) is 1. The Morgan fingerprint density at radius 3 is 2.34 bits per heavy atom. The SMILES string of the molecule is CCCNC(=O)[C@@H](CC)N(Cc1ccccc1)C(=O)CN(c1ccc2c(c1)OCCO2)S(C)(=O)=O. The Morgan fingerprint density at radius 1 is 1.03 bits per heavy atom. The molecule has 0 bridgehead atoms. The van der Waals surface area contributed by atoms with Gasteiger partial charge in [0.05, 0.1) is 11.9 Å². The lowest BCUT2D eigenvalue weighted by Gasteiger charge is -2.33. The maximum Gasteiger partial charge on any atom is 0.244 e. The van der Waals surface area contributed by atoms with Gasteiger partial charge in [0.2, 0.25) is 21.8 Å². The van der Waals surface area contributed by atoms with Crippen molar-refractivity contribution >= 4 is 27.5 Å². The number of ether oxygens (including phenoxy) is 2. The van der Waals surface area contributed by atoms with Crippen molar-refractivity contribution in [2.45, 2.75) is 39.3 Å². The summed E-state index contributed by atoms with van der Waals surface area (Å²) >= 11 is 0. The standard InChI is InChI=1S/C25H33N3O6S/c1-4-13-26-25(30)21(5-2)27(17-19-9-7-6-8-10-19)24(29)18-28(35(3,31)32)20-11-12-22-23(16-20)34-15-14-33-22/h6-12,16,21H,4-5,13-15,17-18H2,1-3H3,(H,26,30)/t21-/m1/s1. The molecule has 1 aliphatic rings. The molecule has 0 aromatic heterocycles. The van der Waals surface area contributed by atoms with Crippen LogP contribution < -0.4 is 19.1 Å². The summed E-state index contributed by atoms with van der Waals surface area (Å²) in [5.74, 6) is 0.196. The Labute approximate surface area is 207 Å². The molecule has 1 heterocycles. The molecule has 0 aliphatic carbocycles. The Bertz CT molecular complexity index is 1120. The molecule has 1 aliphatic heterocycles. The number of nitrogens with zero attached hydrogens (tertiary/aromatic N) is 2. The highest BCUT2D eigenvalue weighted by molar-refractivity contribution is 7.92. The number of carbonyl (C=O) groups excluding carboxylic acids is 2. The number of amides is 2. The third-order valence-electron chi connectivity index (χ3n) is 5.62. The van der Waals surface area contributed by atoms with Gasteiger partial charge in [-0.15, -0.1) is 0 Å². The molecule has 10 heteroatoms. The molecule has 0 unspecified atom stereocenters. The Balaban J connectivity index is 1.92. The smallest absolute Gasteiger partial charge is 0.244 e. The third-order valence-corrected chi connectivity index (χ3v) is 6.76. The largest absolute Gasteiger partial charge is 0.486 e. The van der Waals surface area contributed by atoms with Gasteiger partial charge >= 0.3 is 0 Å². The zero-order chi connectivity index (χ0) is 25.4. The van der Waals surface area contributed by atoms with Crippen molar-refractivity contribution < 1.29 is 27.5 Å². The van der Waals surface area contributed by atoms with Crippen molar-refractivity contribution in [1.29, 1.82) is 0 Å². The van der Waals surface area contributed by atoms with E-state index in [1.165, 1.54) is 4.90 Å². The van der Waals surface area contributed by atoms with E-state index in [1.807, 2.05) is 44.2 Å². The van der Waals surface area contributed by atoms with E-state index < -0.39 is 28.5 Å². The van der Waals surface area contributed by atoms with E-state index in [-0.39, 0.29) is 18.1 Å². The lowest BCUT2D eigenvalue weighted by Crippen LogP contribution is -2.52. The monoisotopic (exact) mass is 503 g/mol. The normalized spacial score (nSPS) is 13.6. The van der Waals surface area contributed by atoms with Gasteiger partial charge in [0.25, 0.3) is 0 Å². The summed E-state index contributed by atoms with van der Waals surface area (Å²) in [4.78, 5) is 28.0. The number of nitrogens with one attached hydrogen (secondary N) is 1. The lowest BCUT2D eigenvalue weighted by atomic mass is 10.1. The van der Waals surface area contributed by atoms with Crippen molar-refractivity contribution in [1.82, 2.24) is 10.2 Å².